The summed E-state index contributed by atoms with van der Waals surface area (Å²) < 4.78 is 103. The van der Waals surface area contributed by atoms with Gasteiger partial charge >= 0.3 is 11.9 Å². The van der Waals surface area contributed by atoms with Gasteiger partial charge in [0.1, 0.15) is 12.1 Å². The maximum absolute atomic E-state index is 15.6. The second kappa shape index (κ2) is 29.8. The molecule has 0 aliphatic rings. The standard InChI is InChI=1S/C27H22ClN3O4S.C27H22FN3O4S.C27H25N3O2S/c2*1-27(2,3)17-7-9-18(10-8-17)36(34,35)31-22-13-6-16(15-29)24(28)23(22)19-11-12-21(26(32)33)25-20(19)5-4-14-30-25;1-18-7-13-22(23-6-5-15-29-26(18)23)24-16-19(17-28)8-14-25(24)30-33(31,32)21-11-9-20(10-12-21)27(2,3)4/h2*4-14,31H,1-3H3,(H,32,33);5-16,30H,1-4H3. The van der Waals surface area contributed by atoms with E-state index in [1.54, 1.807) is 91.1 Å². The Morgan fingerprint density at radius 2 is 0.790 bits per heavy atom. The number of carboxylic acid groups (broad SMARTS) is 2. The predicted octanol–water partition coefficient (Wildman–Crippen LogP) is 18.1. The molecular formula is C81H69ClFN9O10S3. The van der Waals surface area contributed by atoms with Gasteiger partial charge in [0.05, 0.1) is 87.2 Å². The number of nitrogens with zero attached hydrogens (tertiary/aromatic N) is 6. The molecule has 0 aliphatic carbocycles. The van der Waals surface area contributed by atoms with Crippen LogP contribution in [-0.4, -0.2) is 62.4 Å². The highest BCUT2D eigenvalue weighted by atomic mass is 35.5. The van der Waals surface area contributed by atoms with E-state index in [9.17, 15) is 60.8 Å². The van der Waals surface area contributed by atoms with Crippen LogP contribution in [0.4, 0.5) is 21.5 Å². The second-order valence-corrected chi connectivity index (χ2v) is 32.9. The normalized spacial score (nSPS) is 11.8. The zero-order valence-electron chi connectivity index (χ0n) is 58.5. The van der Waals surface area contributed by atoms with Crippen molar-refractivity contribution in [3.63, 3.8) is 0 Å². The summed E-state index contributed by atoms with van der Waals surface area (Å²) in [6.45, 7) is 20.4. The number of carbonyl (C=O) groups is 2. The van der Waals surface area contributed by atoms with Crippen molar-refractivity contribution < 1.29 is 49.4 Å². The van der Waals surface area contributed by atoms with Crippen LogP contribution in [0.2, 0.25) is 5.02 Å². The van der Waals surface area contributed by atoms with E-state index in [1.807, 2.05) is 90.9 Å². The molecule has 0 amide bonds. The van der Waals surface area contributed by atoms with Gasteiger partial charge in [0.2, 0.25) is 0 Å². The highest BCUT2D eigenvalue weighted by molar-refractivity contribution is 7.93. The fraction of sp³-hybridized carbons (Fsp3) is 0.160. The molecule has 0 spiro atoms. The number of hydrogen-bond donors (Lipinski definition) is 5. The van der Waals surface area contributed by atoms with Crippen molar-refractivity contribution in [3.05, 3.63) is 268 Å². The van der Waals surface area contributed by atoms with E-state index in [0.29, 0.717) is 33.2 Å². The van der Waals surface area contributed by atoms with Crippen molar-refractivity contribution in [1.82, 2.24) is 15.0 Å². The molecule has 3 aromatic heterocycles. The third kappa shape index (κ3) is 16.3. The summed E-state index contributed by atoms with van der Waals surface area (Å²) in [6, 6.07) is 55.9. The first kappa shape index (κ1) is 75.7. The average molecular weight is 1480 g/mol. The molecular weight excluding hydrogens is 1410 g/mol. The summed E-state index contributed by atoms with van der Waals surface area (Å²) in [4.78, 5) is 36.5. The van der Waals surface area contributed by atoms with Gasteiger partial charge < -0.3 is 10.2 Å². The number of nitriles is 3. The maximum Gasteiger partial charge on any atom is 0.337 e. The molecule has 0 aliphatic heterocycles. The first-order valence-electron chi connectivity index (χ1n) is 32.4. The highest BCUT2D eigenvalue weighted by Gasteiger charge is 2.28. The molecule has 12 rings (SSSR count). The number of fused-ring (bicyclic) bond motifs is 3. The van der Waals surface area contributed by atoms with Gasteiger partial charge in [-0.15, -0.1) is 0 Å². The lowest BCUT2D eigenvalue weighted by Gasteiger charge is -2.20. The van der Waals surface area contributed by atoms with E-state index in [0.717, 1.165) is 38.7 Å². The number of aromatic nitrogens is 3. The van der Waals surface area contributed by atoms with Crippen molar-refractivity contribution in [2.75, 3.05) is 14.2 Å². The SMILES string of the molecule is CC(C)(C)c1ccc(S(=O)(=O)Nc2ccc(C#N)c(Cl)c2-c2ccc(C(=O)O)c3ncccc23)cc1.CC(C)(C)c1ccc(S(=O)(=O)Nc2ccc(C#N)c(F)c2-c2ccc(C(=O)O)c3ncccc23)cc1.Cc1ccc(-c2cc(C#N)ccc2NS(=O)(=O)c2ccc(C(C)(C)C)cc2)c2cccnc12. The quantitative estimate of drug-likeness (QED) is 0.0675. The molecule has 0 fully saturated rings. The monoisotopic (exact) mass is 1480 g/mol. The van der Waals surface area contributed by atoms with Crippen LogP contribution in [0.3, 0.4) is 0 Å². The molecule has 105 heavy (non-hydrogen) atoms. The van der Waals surface area contributed by atoms with Crippen molar-refractivity contribution in [3.8, 4) is 51.6 Å². The Balaban J connectivity index is 0.000000169. The number of benzene rings is 9. The van der Waals surface area contributed by atoms with Gasteiger partial charge in [-0.1, -0.05) is 153 Å². The lowest BCUT2D eigenvalue weighted by molar-refractivity contribution is 0.0688. The van der Waals surface area contributed by atoms with Crippen molar-refractivity contribution >= 4 is 103 Å². The fourth-order valence-corrected chi connectivity index (χ4v) is 15.2. The van der Waals surface area contributed by atoms with Gasteiger partial charge in [-0.3, -0.25) is 29.1 Å². The summed E-state index contributed by atoms with van der Waals surface area (Å²) in [5, 5.41) is 49.2. The number of rotatable bonds is 14. The topological polar surface area (TPSA) is 323 Å². The summed E-state index contributed by atoms with van der Waals surface area (Å²) in [7, 11) is -12.0. The Bertz CT molecular complexity index is 5710. The number of aromatic carboxylic acids is 2. The van der Waals surface area contributed by atoms with Gasteiger partial charge in [-0.2, -0.15) is 15.8 Å². The lowest BCUT2D eigenvalue weighted by atomic mass is 9.87. The molecule has 530 valence electrons. The predicted molar refractivity (Wildman–Crippen MR) is 407 cm³/mol. The molecule has 3 heterocycles. The van der Waals surface area contributed by atoms with Gasteiger partial charge in [0, 0.05) is 51.4 Å². The smallest absolute Gasteiger partial charge is 0.337 e. The van der Waals surface area contributed by atoms with Crippen LogP contribution >= 0.6 is 11.6 Å². The number of carboxylic acids is 2. The number of sulfonamides is 3. The Kier molecular flexibility index (Phi) is 21.5. The minimum atomic E-state index is -4.13. The molecule has 0 saturated carbocycles. The van der Waals surface area contributed by atoms with Crippen LogP contribution in [0.25, 0.3) is 66.1 Å². The van der Waals surface area contributed by atoms with E-state index in [2.05, 4.69) is 56.0 Å². The van der Waals surface area contributed by atoms with Gasteiger partial charge in [0.15, 0.2) is 5.82 Å². The molecule has 0 saturated heterocycles. The third-order valence-electron chi connectivity index (χ3n) is 17.3. The zero-order valence-corrected chi connectivity index (χ0v) is 61.7. The van der Waals surface area contributed by atoms with E-state index >= 15 is 4.39 Å². The van der Waals surface area contributed by atoms with Crippen molar-refractivity contribution in [2.45, 2.75) is 100 Å². The van der Waals surface area contributed by atoms with Crippen molar-refractivity contribution in [1.29, 1.82) is 15.8 Å². The number of halogens is 2. The van der Waals surface area contributed by atoms with E-state index in [1.165, 1.54) is 85.2 Å². The largest absolute Gasteiger partial charge is 0.478 e. The van der Waals surface area contributed by atoms with E-state index in [-0.39, 0.29) is 97.3 Å². The Labute approximate surface area is 613 Å². The molecule has 0 atom stereocenters. The summed E-state index contributed by atoms with van der Waals surface area (Å²) >= 11 is 6.60. The second-order valence-electron chi connectivity index (χ2n) is 27.5. The Morgan fingerprint density at radius 1 is 0.429 bits per heavy atom. The van der Waals surface area contributed by atoms with Crippen LogP contribution in [-0.2, 0) is 46.3 Å². The third-order valence-corrected chi connectivity index (χ3v) is 21.8. The molecule has 9 aromatic carbocycles. The van der Waals surface area contributed by atoms with Crippen LogP contribution in [0, 0.1) is 46.7 Å². The first-order chi connectivity index (χ1) is 49.5. The van der Waals surface area contributed by atoms with E-state index < -0.39 is 47.8 Å². The fourth-order valence-electron chi connectivity index (χ4n) is 11.6. The van der Waals surface area contributed by atoms with E-state index in [4.69, 9.17) is 11.6 Å². The van der Waals surface area contributed by atoms with Crippen LogP contribution < -0.4 is 14.2 Å². The number of aryl methyl sites for hydroxylation is 1. The molecule has 0 radical (unpaired) electrons. The number of hydrogen-bond acceptors (Lipinski definition) is 14. The van der Waals surface area contributed by atoms with Crippen LogP contribution in [0.1, 0.15) is 122 Å². The Hall–Kier alpha value is -11.9. The molecule has 12 aromatic rings. The van der Waals surface area contributed by atoms with Gasteiger partial charge in [0.25, 0.3) is 30.1 Å². The molecule has 5 N–H and O–H groups in total. The van der Waals surface area contributed by atoms with Crippen molar-refractivity contribution in [2.24, 2.45) is 0 Å². The average Bonchev–Trinajstić information content (AvgIpc) is 0.766. The molecule has 0 bridgehead atoms. The van der Waals surface area contributed by atoms with Gasteiger partial charge in [-0.05, 0) is 171 Å². The number of nitrogens with one attached hydrogen (secondary N) is 3. The zero-order chi connectivity index (χ0) is 76.3. The Morgan fingerprint density at radius 3 is 1.19 bits per heavy atom. The molecule has 19 nitrogen and oxygen atoms in total. The summed E-state index contributed by atoms with van der Waals surface area (Å²) in [5.74, 6) is -3.30. The lowest BCUT2D eigenvalue weighted by Crippen LogP contribution is -2.16. The van der Waals surface area contributed by atoms with Crippen LogP contribution in [0.15, 0.2) is 221 Å². The van der Waals surface area contributed by atoms with Gasteiger partial charge in [-0.25, -0.2) is 39.2 Å². The summed E-state index contributed by atoms with van der Waals surface area (Å²) in [6.07, 6.45) is 4.61. The minimum Gasteiger partial charge on any atom is -0.478 e. The maximum atomic E-state index is 15.6. The first-order valence-corrected chi connectivity index (χ1v) is 37.3. The number of pyridine rings is 3. The minimum absolute atomic E-state index is 0.0111. The molecule has 0 unspecified atom stereocenters. The molecule has 24 heteroatoms. The summed E-state index contributed by atoms with van der Waals surface area (Å²) in [5.41, 5.74) is 7.57. The van der Waals surface area contributed by atoms with Crippen LogP contribution in [0.5, 0.6) is 0 Å². The highest BCUT2D eigenvalue weighted by Crippen LogP contribution is 2.44. The number of anilines is 3.